The van der Waals surface area contributed by atoms with E-state index in [-0.39, 0.29) is 47.9 Å². The van der Waals surface area contributed by atoms with Gasteiger partial charge in [-0.1, -0.05) is 110 Å². The van der Waals surface area contributed by atoms with Crippen molar-refractivity contribution in [1.29, 1.82) is 0 Å². The predicted octanol–water partition coefficient (Wildman–Crippen LogP) is 12.0. The second kappa shape index (κ2) is 14.7. The molecule has 0 fully saturated rings. The van der Waals surface area contributed by atoms with Gasteiger partial charge in [-0.3, -0.25) is 9.78 Å². The Morgan fingerprint density at radius 2 is 1.40 bits per heavy atom. The second-order valence-corrected chi connectivity index (χ2v) is 14.4. The monoisotopic (exact) mass is 799 g/mol. The fourth-order valence-electron chi connectivity index (χ4n) is 5.52. The van der Waals surface area contributed by atoms with Crippen LogP contribution in [0.5, 0.6) is 0 Å². The van der Waals surface area contributed by atoms with Crippen LogP contribution >= 0.6 is 11.3 Å². The number of carbonyl (C=O) groups is 1. The summed E-state index contributed by atoms with van der Waals surface area (Å²) in [4.78, 5) is 17.2. The van der Waals surface area contributed by atoms with Gasteiger partial charge < -0.3 is 5.11 Å². The third-order valence-electron chi connectivity index (χ3n) is 9.75. The summed E-state index contributed by atoms with van der Waals surface area (Å²) in [5.74, 6) is 0.286. The summed E-state index contributed by atoms with van der Waals surface area (Å²) in [6, 6.07) is 25.1. The zero-order valence-electron chi connectivity index (χ0n) is 28.3. The molecule has 5 heteroatoms. The standard InChI is InChI=1S/C25H20NS.C15H28O2.Ir/c1-25(2,3)21-15-17(14-16-8-4-5-9-18(16)21)23-24-20(12-13-27-24)19-10-6-7-11-22(19)26-23;1-7-14(5,8-2)12(16)11-13(17)15(6,9-3)10-4;/h4-13,15H,1-3H3;11,16H,7-10H2,1-6H3;/q-1;;/b;12-11-;. The topological polar surface area (TPSA) is 50.2 Å². The van der Waals surface area contributed by atoms with E-state index in [4.69, 9.17) is 4.98 Å². The number of hydrogen-bond acceptors (Lipinski definition) is 4. The number of hydrogen-bond donors (Lipinski definition) is 1. The first-order valence-corrected chi connectivity index (χ1v) is 16.9. The Labute approximate surface area is 287 Å². The van der Waals surface area contributed by atoms with Crippen molar-refractivity contribution in [3.63, 3.8) is 0 Å². The molecule has 0 atom stereocenters. The quantitative estimate of drug-likeness (QED) is 0.0966. The van der Waals surface area contributed by atoms with Crippen LogP contribution in [-0.2, 0) is 30.3 Å². The predicted molar refractivity (Wildman–Crippen MR) is 191 cm³/mol. The zero-order chi connectivity index (χ0) is 32.3. The van der Waals surface area contributed by atoms with Gasteiger partial charge >= 0.3 is 0 Å². The van der Waals surface area contributed by atoms with Crippen molar-refractivity contribution >= 4 is 48.9 Å². The van der Waals surface area contributed by atoms with E-state index in [1.807, 2.05) is 41.5 Å². The number of ketones is 1. The zero-order valence-corrected chi connectivity index (χ0v) is 31.5. The molecule has 5 aromatic rings. The third kappa shape index (κ3) is 7.59. The van der Waals surface area contributed by atoms with E-state index in [9.17, 15) is 9.90 Å². The summed E-state index contributed by atoms with van der Waals surface area (Å²) in [6.45, 7) is 18.9. The molecule has 45 heavy (non-hydrogen) atoms. The summed E-state index contributed by atoms with van der Waals surface area (Å²) in [6.07, 6.45) is 4.75. The smallest absolute Gasteiger partial charge is 0.164 e. The molecule has 3 aromatic carbocycles. The fraction of sp³-hybridized carbons (Fsp3) is 0.400. The SMILES string of the molecule is CC(C)(C)c1cc(-c2nc3ccccc3c3ccsc23)[c-]c2ccccc12.CCC(C)(CC)C(=O)/C=C(\O)C(C)(CC)CC.[Ir]. The van der Waals surface area contributed by atoms with Gasteiger partial charge in [0.1, 0.15) is 5.76 Å². The Bertz CT molecular complexity index is 1800. The van der Waals surface area contributed by atoms with Gasteiger partial charge in [-0.25, -0.2) is 0 Å². The number of rotatable bonds is 8. The van der Waals surface area contributed by atoms with E-state index < -0.39 is 0 Å². The van der Waals surface area contributed by atoms with Gasteiger partial charge in [0.05, 0.1) is 5.52 Å². The number of allylic oxidation sites excluding steroid dienone is 2. The maximum absolute atomic E-state index is 12.2. The molecule has 241 valence electrons. The minimum atomic E-state index is -0.337. The number of aromatic nitrogens is 1. The Balaban J connectivity index is 0.000000270. The Morgan fingerprint density at radius 3 is 2.00 bits per heavy atom. The van der Waals surface area contributed by atoms with Gasteiger partial charge in [0, 0.05) is 52.8 Å². The molecular formula is C40H48IrNO2S-. The Hall–Kier alpha value is -2.85. The molecule has 2 heterocycles. The van der Waals surface area contributed by atoms with Crippen molar-refractivity contribution < 1.29 is 30.0 Å². The molecule has 1 radical (unpaired) electrons. The molecule has 0 saturated carbocycles. The molecule has 0 spiro atoms. The molecule has 0 aliphatic carbocycles. The molecule has 5 rings (SSSR count). The molecule has 0 aliphatic rings. The molecule has 0 bridgehead atoms. The van der Waals surface area contributed by atoms with Gasteiger partial charge in [0.2, 0.25) is 0 Å². The number of thiophene rings is 1. The molecule has 1 N–H and O–H groups in total. The van der Waals surface area contributed by atoms with E-state index in [1.54, 1.807) is 11.3 Å². The minimum Gasteiger partial charge on any atom is -0.512 e. The van der Waals surface area contributed by atoms with E-state index >= 15 is 0 Å². The van der Waals surface area contributed by atoms with E-state index in [1.165, 1.54) is 32.5 Å². The van der Waals surface area contributed by atoms with Crippen molar-refractivity contribution in [2.75, 3.05) is 0 Å². The van der Waals surface area contributed by atoms with Crippen LogP contribution in [0.25, 0.3) is 43.0 Å². The van der Waals surface area contributed by atoms with Crippen LogP contribution in [0.1, 0.15) is 93.6 Å². The fourth-order valence-corrected chi connectivity index (χ4v) is 6.43. The molecule has 3 nitrogen and oxygen atoms in total. The average molecular weight is 799 g/mol. The van der Waals surface area contributed by atoms with Gasteiger partial charge in [0.15, 0.2) is 5.78 Å². The van der Waals surface area contributed by atoms with E-state index in [0.717, 1.165) is 47.8 Å². The third-order valence-corrected chi connectivity index (χ3v) is 10.7. The largest absolute Gasteiger partial charge is 0.512 e. The summed E-state index contributed by atoms with van der Waals surface area (Å²) in [5, 5.41) is 17.2. The van der Waals surface area contributed by atoms with Gasteiger partial charge in [0.25, 0.3) is 0 Å². The molecule has 0 unspecified atom stereocenters. The first-order valence-electron chi connectivity index (χ1n) is 16.0. The van der Waals surface area contributed by atoms with Crippen LogP contribution in [0.2, 0.25) is 0 Å². The van der Waals surface area contributed by atoms with Gasteiger partial charge in [-0.05, 0) is 54.0 Å². The molecule has 0 aliphatic heterocycles. The van der Waals surface area contributed by atoms with Crippen molar-refractivity contribution in [3.05, 3.63) is 89.5 Å². The number of aliphatic hydroxyl groups is 1. The Morgan fingerprint density at radius 1 is 0.822 bits per heavy atom. The van der Waals surface area contributed by atoms with Crippen molar-refractivity contribution in [2.45, 2.75) is 93.4 Å². The van der Waals surface area contributed by atoms with Crippen LogP contribution in [-0.4, -0.2) is 15.9 Å². The van der Waals surface area contributed by atoms with Crippen LogP contribution in [0.3, 0.4) is 0 Å². The van der Waals surface area contributed by atoms with Crippen LogP contribution in [0, 0.1) is 16.9 Å². The number of nitrogens with zero attached hydrogens (tertiary/aromatic N) is 1. The van der Waals surface area contributed by atoms with Gasteiger partial charge in [-0.2, -0.15) is 0 Å². The number of para-hydroxylation sites is 1. The van der Waals surface area contributed by atoms with Crippen molar-refractivity contribution in [1.82, 2.24) is 4.98 Å². The summed E-state index contributed by atoms with van der Waals surface area (Å²) in [5.41, 5.74) is 3.94. The number of benzene rings is 3. The number of fused-ring (bicyclic) bond motifs is 4. The van der Waals surface area contributed by atoms with Crippen LogP contribution < -0.4 is 0 Å². The summed E-state index contributed by atoms with van der Waals surface area (Å²) in [7, 11) is 0. The van der Waals surface area contributed by atoms with E-state index in [2.05, 4.69) is 92.9 Å². The molecule has 0 amide bonds. The Kier molecular flexibility index (Phi) is 12.0. The van der Waals surface area contributed by atoms with Crippen LogP contribution in [0.15, 0.2) is 77.9 Å². The number of aliphatic hydroxyl groups excluding tert-OH is 1. The first-order chi connectivity index (χ1) is 20.8. The van der Waals surface area contributed by atoms with Gasteiger partial charge in [-0.15, -0.1) is 40.5 Å². The summed E-state index contributed by atoms with van der Waals surface area (Å²) >= 11 is 1.76. The minimum absolute atomic E-state index is 0. The number of carbonyl (C=O) groups excluding carboxylic acids is 1. The van der Waals surface area contributed by atoms with Crippen LogP contribution in [0.4, 0.5) is 0 Å². The average Bonchev–Trinajstić information content (AvgIpc) is 3.53. The normalized spacial score (nSPS) is 12.6. The molecule has 0 saturated heterocycles. The molecular weight excluding hydrogens is 751 g/mol. The molecule has 2 aromatic heterocycles. The van der Waals surface area contributed by atoms with E-state index in [0.29, 0.717) is 0 Å². The van der Waals surface area contributed by atoms with Crippen molar-refractivity contribution in [3.8, 4) is 11.3 Å². The number of pyridine rings is 1. The summed E-state index contributed by atoms with van der Waals surface area (Å²) < 4.78 is 1.24. The maximum Gasteiger partial charge on any atom is 0.164 e. The second-order valence-electron chi connectivity index (χ2n) is 13.5. The first kappa shape index (κ1) is 36.6. The van der Waals surface area contributed by atoms with Crippen molar-refractivity contribution in [2.24, 2.45) is 10.8 Å². The maximum atomic E-state index is 12.2.